The number of piperidine rings is 1. The van der Waals surface area contributed by atoms with Crippen LogP contribution in [0.25, 0.3) is 10.2 Å². The summed E-state index contributed by atoms with van der Waals surface area (Å²) in [6, 6.07) is 11.9. The number of nitrogens with zero attached hydrogens (tertiary/aromatic N) is 2. The number of hydrogen-bond donors (Lipinski definition) is 1. The van der Waals surface area contributed by atoms with Crippen LogP contribution in [0.2, 0.25) is 10.0 Å². The maximum Gasteiger partial charge on any atom is 0.186 e. The Morgan fingerprint density at radius 1 is 1.10 bits per heavy atom. The number of nitrogens with one attached hydrogen (secondary N) is 1. The highest BCUT2D eigenvalue weighted by Gasteiger charge is 2.25. The predicted octanol–water partition coefficient (Wildman–Crippen LogP) is 5.25. The van der Waals surface area contributed by atoms with Crippen molar-refractivity contribution in [3.8, 4) is 11.5 Å². The Balaban J connectivity index is 1.08. The van der Waals surface area contributed by atoms with E-state index >= 15 is 0 Å². The van der Waals surface area contributed by atoms with Crippen LogP contribution in [0.15, 0.2) is 36.4 Å². The zero-order valence-electron chi connectivity index (χ0n) is 16.4. The van der Waals surface area contributed by atoms with Gasteiger partial charge in [-0.1, -0.05) is 46.7 Å². The van der Waals surface area contributed by atoms with Crippen molar-refractivity contribution in [3.05, 3.63) is 46.4 Å². The van der Waals surface area contributed by atoms with Crippen molar-refractivity contribution in [2.45, 2.75) is 18.9 Å². The van der Waals surface area contributed by atoms with E-state index in [0.717, 1.165) is 36.8 Å². The summed E-state index contributed by atoms with van der Waals surface area (Å²) in [6.07, 6.45) is 2.31. The molecular weight excluding hydrogens is 441 g/mol. The second kappa shape index (κ2) is 8.79. The first-order chi connectivity index (χ1) is 14.7. The molecule has 5 nitrogen and oxygen atoms in total. The van der Waals surface area contributed by atoms with Crippen molar-refractivity contribution in [1.82, 2.24) is 10.3 Å². The molecule has 0 spiro atoms. The topological polar surface area (TPSA) is 46.6 Å². The molecule has 2 aromatic carbocycles. The van der Waals surface area contributed by atoms with Gasteiger partial charge in [0.25, 0.3) is 0 Å². The van der Waals surface area contributed by atoms with Crippen molar-refractivity contribution in [2.24, 2.45) is 5.92 Å². The molecule has 0 amide bonds. The molecule has 2 aliphatic heterocycles. The number of anilines is 1. The summed E-state index contributed by atoms with van der Waals surface area (Å²) in [7, 11) is 0. The van der Waals surface area contributed by atoms with E-state index in [0.29, 0.717) is 34.1 Å². The Hall–Kier alpha value is -1.73. The van der Waals surface area contributed by atoms with E-state index in [1.807, 2.05) is 12.1 Å². The Morgan fingerprint density at radius 3 is 2.77 bits per heavy atom. The summed E-state index contributed by atoms with van der Waals surface area (Å²) in [5.74, 6) is 1.87. The minimum absolute atomic E-state index is 0.0300. The number of para-hydroxylation sites is 1. The number of aromatic nitrogens is 1. The van der Waals surface area contributed by atoms with E-state index in [2.05, 4.69) is 28.4 Å². The minimum Gasteiger partial charge on any atom is -0.484 e. The van der Waals surface area contributed by atoms with Crippen molar-refractivity contribution in [2.75, 3.05) is 37.7 Å². The summed E-state index contributed by atoms with van der Waals surface area (Å²) in [5.41, 5.74) is 1.10. The predicted molar refractivity (Wildman–Crippen MR) is 124 cm³/mol. The van der Waals surface area contributed by atoms with Gasteiger partial charge in [0.2, 0.25) is 0 Å². The lowest BCUT2D eigenvalue weighted by Gasteiger charge is -2.32. The summed E-state index contributed by atoms with van der Waals surface area (Å²) in [5, 5.41) is 5.60. The van der Waals surface area contributed by atoms with Gasteiger partial charge in [0, 0.05) is 19.6 Å². The molecular formula is C22H23Cl2N3O2S. The lowest BCUT2D eigenvalue weighted by molar-refractivity contribution is 0.0895. The second-order valence-electron chi connectivity index (χ2n) is 7.79. The van der Waals surface area contributed by atoms with E-state index in [-0.39, 0.29) is 6.10 Å². The van der Waals surface area contributed by atoms with Gasteiger partial charge in [0.1, 0.15) is 17.7 Å². The monoisotopic (exact) mass is 463 g/mol. The van der Waals surface area contributed by atoms with Gasteiger partial charge in [-0.05, 0) is 49.6 Å². The van der Waals surface area contributed by atoms with Crippen molar-refractivity contribution < 1.29 is 9.47 Å². The third-order valence-corrected chi connectivity index (χ3v) is 7.58. The molecule has 1 N–H and O–H groups in total. The summed E-state index contributed by atoms with van der Waals surface area (Å²) >= 11 is 14.0. The van der Waals surface area contributed by atoms with Gasteiger partial charge in [-0.15, -0.1) is 0 Å². The fraction of sp³-hybridized carbons (Fsp3) is 0.409. The van der Waals surface area contributed by atoms with E-state index in [1.54, 1.807) is 17.4 Å². The number of rotatable bonds is 5. The first-order valence-corrected chi connectivity index (χ1v) is 11.8. The van der Waals surface area contributed by atoms with Crippen molar-refractivity contribution in [1.29, 1.82) is 0 Å². The molecule has 0 bridgehead atoms. The fourth-order valence-electron chi connectivity index (χ4n) is 4.00. The zero-order valence-corrected chi connectivity index (χ0v) is 18.8. The van der Waals surface area contributed by atoms with Gasteiger partial charge in [0.05, 0.1) is 15.2 Å². The van der Waals surface area contributed by atoms with Crippen molar-refractivity contribution >= 4 is 49.9 Å². The number of halogens is 2. The number of ether oxygens (including phenoxy) is 2. The maximum absolute atomic E-state index is 6.18. The molecule has 1 unspecified atom stereocenters. The molecule has 1 atom stereocenters. The molecule has 1 fully saturated rings. The number of hydrogen-bond acceptors (Lipinski definition) is 6. The Kier molecular flexibility index (Phi) is 5.92. The van der Waals surface area contributed by atoms with Crippen LogP contribution in [0.1, 0.15) is 12.8 Å². The van der Waals surface area contributed by atoms with Crippen LogP contribution in [0, 0.1) is 5.92 Å². The normalized spacial score (nSPS) is 19.4. The van der Waals surface area contributed by atoms with E-state index < -0.39 is 0 Å². The molecule has 0 saturated carbocycles. The van der Waals surface area contributed by atoms with Crippen LogP contribution in [0.4, 0.5) is 5.13 Å². The molecule has 5 rings (SSSR count). The zero-order chi connectivity index (χ0) is 20.5. The molecule has 0 aliphatic carbocycles. The van der Waals surface area contributed by atoms with Gasteiger partial charge in [-0.3, -0.25) is 0 Å². The molecule has 30 heavy (non-hydrogen) atoms. The highest BCUT2D eigenvalue weighted by atomic mass is 35.5. The molecule has 2 aliphatic rings. The third-order valence-electron chi connectivity index (χ3n) is 5.69. The number of benzene rings is 2. The molecule has 3 heterocycles. The Labute approximate surface area is 189 Å². The highest BCUT2D eigenvalue weighted by Crippen LogP contribution is 2.42. The fourth-order valence-corrected chi connectivity index (χ4v) is 5.38. The third kappa shape index (κ3) is 4.19. The molecule has 1 aromatic heterocycles. The quantitative estimate of drug-likeness (QED) is 0.559. The Morgan fingerprint density at radius 2 is 1.93 bits per heavy atom. The smallest absolute Gasteiger partial charge is 0.186 e. The molecule has 0 radical (unpaired) electrons. The highest BCUT2D eigenvalue weighted by molar-refractivity contribution is 7.22. The SMILES string of the molecule is Clc1ccc2c(c1Cl)OCC(CNCC1CCN(c3nc4ccccc4s3)CC1)O2. The van der Waals surface area contributed by atoms with Crippen molar-refractivity contribution in [3.63, 3.8) is 0 Å². The van der Waals surface area contributed by atoms with E-state index in [4.69, 9.17) is 37.7 Å². The standard InChI is InChI=1S/C22H23Cl2N3O2S/c23-16-5-6-18-21(20(16)24)28-13-15(29-18)12-25-11-14-7-9-27(10-8-14)22-26-17-3-1-2-4-19(17)30-22/h1-6,14-15,25H,7-13H2. The van der Waals surface area contributed by atoms with Crippen LogP contribution >= 0.6 is 34.5 Å². The van der Waals surface area contributed by atoms with Crippen LogP contribution in [-0.4, -0.2) is 43.9 Å². The van der Waals surface area contributed by atoms with Crippen LogP contribution < -0.4 is 19.7 Å². The molecule has 1 saturated heterocycles. The maximum atomic E-state index is 6.18. The molecule has 3 aromatic rings. The van der Waals surface area contributed by atoms with Gasteiger partial charge in [-0.2, -0.15) is 0 Å². The van der Waals surface area contributed by atoms with E-state index in [1.165, 1.54) is 17.5 Å². The van der Waals surface area contributed by atoms with Gasteiger partial charge in [0.15, 0.2) is 16.6 Å². The van der Waals surface area contributed by atoms with Gasteiger partial charge < -0.3 is 19.7 Å². The van der Waals surface area contributed by atoms with Crippen LogP contribution in [0.3, 0.4) is 0 Å². The average Bonchev–Trinajstić information content (AvgIpc) is 3.21. The largest absolute Gasteiger partial charge is 0.484 e. The van der Waals surface area contributed by atoms with Crippen LogP contribution in [0.5, 0.6) is 11.5 Å². The van der Waals surface area contributed by atoms with Crippen LogP contribution in [-0.2, 0) is 0 Å². The lowest BCUT2D eigenvalue weighted by Crippen LogP contribution is -2.42. The van der Waals surface area contributed by atoms with E-state index in [9.17, 15) is 0 Å². The molecule has 158 valence electrons. The first kappa shape index (κ1) is 20.2. The number of fused-ring (bicyclic) bond motifs is 2. The lowest BCUT2D eigenvalue weighted by atomic mass is 9.97. The Bertz CT molecular complexity index is 1000. The summed E-state index contributed by atoms with van der Waals surface area (Å²) < 4.78 is 13.1. The van der Waals surface area contributed by atoms with Gasteiger partial charge >= 0.3 is 0 Å². The second-order valence-corrected chi connectivity index (χ2v) is 9.59. The number of thiazole rings is 1. The van der Waals surface area contributed by atoms with Gasteiger partial charge in [-0.25, -0.2) is 4.98 Å². The summed E-state index contributed by atoms with van der Waals surface area (Å²) in [4.78, 5) is 7.22. The minimum atomic E-state index is -0.0300. The summed E-state index contributed by atoms with van der Waals surface area (Å²) in [6.45, 7) is 4.32. The molecule has 8 heteroatoms. The first-order valence-electron chi connectivity index (χ1n) is 10.3. The average molecular weight is 464 g/mol.